The lowest BCUT2D eigenvalue weighted by Crippen LogP contribution is -2.51. The zero-order chi connectivity index (χ0) is 10.8. The minimum absolute atomic E-state index is 0.0381. The first-order valence-electron chi connectivity index (χ1n) is 4.94. The number of hydrogen-bond donors (Lipinski definition) is 1. The van der Waals surface area contributed by atoms with E-state index in [0.717, 1.165) is 13.1 Å². The molecule has 0 unspecified atom stereocenters. The van der Waals surface area contributed by atoms with Crippen molar-refractivity contribution in [1.82, 2.24) is 19.7 Å². The van der Waals surface area contributed by atoms with Crippen LogP contribution in [0.2, 0.25) is 0 Å². The largest absolute Gasteiger partial charge is 0.336 e. The zero-order valence-corrected chi connectivity index (χ0v) is 8.76. The average molecular weight is 209 g/mol. The zero-order valence-electron chi connectivity index (χ0n) is 8.76. The molecule has 1 aromatic heterocycles. The van der Waals surface area contributed by atoms with Crippen LogP contribution in [0.3, 0.4) is 0 Å². The van der Waals surface area contributed by atoms with Gasteiger partial charge in [0.05, 0.1) is 11.8 Å². The van der Waals surface area contributed by atoms with E-state index in [1.54, 1.807) is 34.0 Å². The molecule has 6 heteroatoms. The number of nitrogens with zero attached hydrogens (tertiary/aromatic N) is 4. The third-order valence-corrected chi connectivity index (χ3v) is 2.55. The molecule has 2 N–H and O–H groups in total. The summed E-state index contributed by atoms with van der Waals surface area (Å²) in [5, 5.41) is 5.71. The molecule has 0 saturated carbocycles. The quantitative estimate of drug-likeness (QED) is 0.606. The van der Waals surface area contributed by atoms with E-state index in [9.17, 15) is 4.79 Å². The molecule has 1 aliphatic rings. The van der Waals surface area contributed by atoms with Gasteiger partial charge in [0.25, 0.3) is 5.91 Å². The second-order valence-corrected chi connectivity index (χ2v) is 3.73. The molecule has 2 heterocycles. The van der Waals surface area contributed by atoms with E-state index in [1.807, 2.05) is 0 Å². The highest BCUT2D eigenvalue weighted by Crippen LogP contribution is 2.06. The Morgan fingerprint density at radius 3 is 2.60 bits per heavy atom. The molecular formula is C9H15N5O. The molecule has 0 aliphatic carbocycles. The van der Waals surface area contributed by atoms with E-state index in [0.29, 0.717) is 18.7 Å². The molecule has 15 heavy (non-hydrogen) atoms. The van der Waals surface area contributed by atoms with Crippen LogP contribution in [0, 0.1) is 0 Å². The Kier molecular flexibility index (Phi) is 2.70. The maximum absolute atomic E-state index is 11.9. The Balaban J connectivity index is 2.02. The SMILES string of the molecule is Cn1cc(C(=O)N2CCN(N)CC2)cn1. The van der Waals surface area contributed by atoms with Gasteiger partial charge in [-0.3, -0.25) is 15.3 Å². The van der Waals surface area contributed by atoms with Crippen LogP contribution in [-0.2, 0) is 7.05 Å². The number of hydrazine groups is 1. The Morgan fingerprint density at radius 2 is 2.07 bits per heavy atom. The summed E-state index contributed by atoms with van der Waals surface area (Å²) < 4.78 is 1.63. The highest BCUT2D eigenvalue weighted by molar-refractivity contribution is 5.93. The first-order chi connectivity index (χ1) is 7.16. The summed E-state index contributed by atoms with van der Waals surface area (Å²) in [6.45, 7) is 2.83. The average Bonchev–Trinajstić information content (AvgIpc) is 2.65. The van der Waals surface area contributed by atoms with Gasteiger partial charge in [-0.25, -0.2) is 5.01 Å². The Hall–Kier alpha value is -1.40. The number of carbonyl (C=O) groups is 1. The molecule has 0 spiro atoms. The Bertz CT molecular complexity index is 353. The van der Waals surface area contributed by atoms with Gasteiger partial charge in [-0.15, -0.1) is 0 Å². The van der Waals surface area contributed by atoms with Gasteiger partial charge in [0.1, 0.15) is 0 Å². The molecule has 0 radical (unpaired) electrons. The molecule has 1 aromatic rings. The maximum Gasteiger partial charge on any atom is 0.257 e. The highest BCUT2D eigenvalue weighted by atomic mass is 16.2. The van der Waals surface area contributed by atoms with Gasteiger partial charge in [-0.05, 0) is 0 Å². The lowest BCUT2D eigenvalue weighted by molar-refractivity contribution is 0.0638. The summed E-state index contributed by atoms with van der Waals surface area (Å²) in [4.78, 5) is 13.7. The molecule has 0 bridgehead atoms. The number of hydrogen-bond acceptors (Lipinski definition) is 4. The van der Waals surface area contributed by atoms with Crippen LogP contribution in [0.25, 0.3) is 0 Å². The number of nitrogens with two attached hydrogens (primary N) is 1. The van der Waals surface area contributed by atoms with E-state index in [-0.39, 0.29) is 5.91 Å². The van der Waals surface area contributed by atoms with E-state index in [1.165, 1.54) is 0 Å². The van der Waals surface area contributed by atoms with Crippen molar-refractivity contribution in [2.45, 2.75) is 0 Å². The van der Waals surface area contributed by atoms with Gasteiger partial charge >= 0.3 is 0 Å². The predicted molar refractivity (Wildman–Crippen MR) is 54.9 cm³/mol. The third-order valence-electron chi connectivity index (χ3n) is 2.55. The summed E-state index contributed by atoms with van der Waals surface area (Å²) in [5.74, 6) is 5.66. The summed E-state index contributed by atoms with van der Waals surface area (Å²) in [6, 6.07) is 0. The second kappa shape index (κ2) is 4.00. The van der Waals surface area contributed by atoms with Crippen LogP contribution in [0.1, 0.15) is 10.4 Å². The topological polar surface area (TPSA) is 67.4 Å². The van der Waals surface area contributed by atoms with Crippen molar-refractivity contribution < 1.29 is 4.79 Å². The number of piperazine rings is 1. The molecule has 2 rings (SSSR count). The van der Waals surface area contributed by atoms with Crippen molar-refractivity contribution in [3.05, 3.63) is 18.0 Å². The third kappa shape index (κ3) is 2.16. The fraction of sp³-hybridized carbons (Fsp3) is 0.556. The summed E-state index contributed by atoms with van der Waals surface area (Å²) >= 11 is 0. The van der Waals surface area contributed by atoms with Crippen LogP contribution >= 0.6 is 0 Å². The molecule has 1 aliphatic heterocycles. The van der Waals surface area contributed by atoms with E-state index < -0.39 is 0 Å². The van der Waals surface area contributed by atoms with Gasteiger partial charge in [-0.1, -0.05) is 0 Å². The van der Waals surface area contributed by atoms with Crippen molar-refractivity contribution >= 4 is 5.91 Å². The van der Waals surface area contributed by atoms with Crippen molar-refractivity contribution in [3.8, 4) is 0 Å². The number of carbonyl (C=O) groups excluding carboxylic acids is 1. The molecular weight excluding hydrogens is 194 g/mol. The Labute approximate surface area is 88.2 Å². The fourth-order valence-electron chi connectivity index (χ4n) is 1.64. The van der Waals surface area contributed by atoms with Crippen LogP contribution in [0.5, 0.6) is 0 Å². The van der Waals surface area contributed by atoms with Gasteiger partial charge in [0, 0.05) is 39.4 Å². The lowest BCUT2D eigenvalue weighted by atomic mass is 10.2. The summed E-state index contributed by atoms with van der Waals surface area (Å²) in [6.07, 6.45) is 3.33. The molecule has 0 atom stereocenters. The van der Waals surface area contributed by atoms with Crippen LogP contribution in [0.15, 0.2) is 12.4 Å². The summed E-state index contributed by atoms with van der Waals surface area (Å²) in [7, 11) is 1.80. The minimum atomic E-state index is 0.0381. The standard InChI is InChI=1S/C9H15N5O/c1-12-7-8(6-11-12)9(15)13-2-4-14(10)5-3-13/h6-7H,2-5,10H2,1H3. The number of aryl methyl sites for hydroxylation is 1. The van der Waals surface area contributed by atoms with E-state index in [2.05, 4.69) is 5.10 Å². The molecule has 1 saturated heterocycles. The number of amides is 1. The van der Waals surface area contributed by atoms with Crippen LogP contribution < -0.4 is 5.84 Å². The lowest BCUT2D eigenvalue weighted by Gasteiger charge is -2.31. The summed E-state index contributed by atoms with van der Waals surface area (Å²) in [5.41, 5.74) is 0.642. The van der Waals surface area contributed by atoms with Crippen molar-refractivity contribution in [2.75, 3.05) is 26.2 Å². The highest BCUT2D eigenvalue weighted by Gasteiger charge is 2.21. The predicted octanol–water partition coefficient (Wildman–Crippen LogP) is -0.948. The van der Waals surface area contributed by atoms with E-state index in [4.69, 9.17) is 5.84 Å². The van der Waals surface area contributed by atoms with Crippen molar-refractivity contribution in [2.24, 2.45) is 12.9 Å². The first kappa shape index (κ1) is 10.1. The van der Waals surface area contributed by atoms with Crippen LogP contribution in [-0.4, -0.2) is 51.8 Å². The molecule has 6 nitrogen and oxygen atoms in total. The van der Waals surface area contributed by atoms with Gasteiger partial charge in [-0.2, -0.15) is 5.10 Å². The molecule has 82 valence electrons. The Morgan fingerprint density at radius 1 is 1.40 bits per heavy atom. The van der Waals surface area contributed by atoms with Gasteiger partial charge in [0.15, 0.2) is 0 Å². The van der Waals surface area contributed by atoms with E-state index >= 15 is 0 Å². The normalized spacial score (nSPS) is 18.1. The fourth-order valence-corrected chi connectivity index (χ4v) is 1.64. The number of rotatable bonds is 1. The smallest absolute Gasteiger partial charge is 0.257 e. The molecule has 1 fully saturated rings. The first-order valence-corrected chi connectivity index (χ1v) is 4.94. The van der Waals surface area contributed by atoms with Crippen LogP contribution in [0.4, 0.5) is 0 Å². The van der Waals surface area contributed by atoms with Crippen molar-refractivity contribution in [1.29, 1.82) is 0 Å². The van der Waals surface area contributed by atoms with Crippen molar-refractivity contribution in [3.63, 3.8) is 0 Å². The molecule has 1 amide bonds. The minimum Gasteiger partial charge on any atom is -0.336 e. The monoisotopic (exact) mass is 209 g/mol. The second-order valence-electron chi connectivity index (χ2n) is 3.73. The molecule has 0 aromatic carbocycles. The van der Waals surface area contributed by atoms with Gasteiger partial charge < -0.3 is 4.90 Å². The van der Waals surface area contributed by atoms with Gasteiger partial charge in [0.2, 0.25) is 0 Å². The maximum atomic E-state index is 11.9. The number of aromatic nitrogens is 2.